The number of aliphatic imine (C=N–C) groups is 1. The molecule has 6 nitrogen and oxygen atoms in total. The van der Waals surface area contributed by atoms with Crippen molar-refractivity contribution in [3.63, 3.8) is 0 Å². The van der Waals surface area contributed by atoms with Gasteiger partial charge in [0.1, 0.15) is 12.1 Å². The molecule has 1 aromatic carbocycles. The summed E-state index contributed by atoms with van der Waals surface area (Å²) in [5, 5.41) is 0. The van der Waals surface area contributed by atoms with Crippen LogP contribution in [-0.4, -0.2) is 47.1 Å². The molecule has 2 aliphatic heterocycles. The van der Waals surface area contributed by atoms with E-state index >= 15 is 0 Å². The van der Waals surface area contributed by atoms with Crippen molar-refractivity contribution in [2.75, 3.05) is 18.1 Å². The molecule has 2 aromatic rings. The molecule has 0 amide bonds. The summed E-state index contributed by atoms with van der Waals surface area (Å²) in [6.07, 6.45) is 1.46. The van der Waals surface area contributed by atoms with Gasteiger partial charge in [0.2, 0.25) is 0 Å². The van der Waals surface area contributed by atoms with E-state index in [-0.39, 0.29) is 29.8 Å². The predicted octanol–water partition coefficient (Wildman–Crippen LogP) is 3.37. The SMILES string of the molecule is CC(C)Oc1cc2c(cc1F)CN=C2c1cc(N2[C@H](C)COC[C@@H]2C)ncn1. The van der Waals surface area contributed by atoms with Crippen LogP contribution < -0.4 is 9.64 Å². The Morgan fingerprint density at radius 1 is 1.14 bits per heavy atom. The first-order valence-corrected chi connectivity index (χ1v) is 9.66. The fourth-order valence-corrected chi connectivity index (χ4v) is 3.83. The molecule has 148 valence electrons. The van der Waals surface area contributed by atoms with Gasteiger partial charge in [-0.05, 0) is 45.4 Å². The third kappa shape index (κ3) is 3.46. The van der Waals surface area contributed by atoms with Gasteiger partial charge in [-0.2, -0.15) is 0 Å². The second kappa shape index (κ2) is 7.47. The van der Waals surface area contributed by atoms with Crippen LogP contribution >= 0.6 is 0 Å². The zero-order chi connectivity index (χ0) is 19.8. The van der Waals surface area contributed by atoms with E-state index in [9.17, 15) is 4.39 Å². The highest BCUT2D eigenvalue weighted by molar-refractivity contribution is 6.14. The number of aromatic nitrogens is 2. The fourth-order valence-electron chi connectivity index (χ4n) is 3.83. The standard InChI is InChI=1S/C21H25FN4O2/c1-12(2)28-19-6-16-15(5-17(19)22)8-23-21(16)18-7-20(25-11-24-18)26-13(3)9-27-10-14(26)4/h5-7,11-14H,8-10H2,1-4H3/t13-,14+. The lowest BCUT2D eigenvalue weighted by molar-refractivity contribution is 0.0752. The van der Waals surface area contributed by atoms with E-state index in [4.69, 9.17) is 9.47 Å². The molecule has 28 heavy (non-hydrogen) atoms. The molecule has 7 heteroatoms. The smallest absolute Gasteiger partial charge is 0.165 e. The average Bonchev–Trinajstić information content (AvgIpc) is 3.04. The normalized spacial score (nSPS) is 21.6. The molecule has 0 bridgehead atoms. The van der Waals surface area contributed by atoms with Crippen LogP contribution in [0.25, 0.3) is 0 Å². The van der Waals surface area contributed by atoms with Crippen LogP contribution in [0.3, 0.4) is 0 Å². The summed E-state index contributed by atoms with van der Waals surface area (Å²) in [6, 6.07) is 5.66. The maximum Gasteiger partial charge on any atom is 0.165 e. The molecule has 2 aliphatic rings. The van der Waals surface area contributed by atoms with Gasteiger partial charge in [-0.1, -0.05) is 0 Å². The van der Waals surface area contributed by atoms with E-state index in [0.29, 0.717) is 19.8 Å². The number of anilines is 1. The number of hydrogen-bond donors (Lipinski definition) is 0. The molecule has 1 fully saturated rings. The zero-order valence-corrected chi connectivity index (χ0v) is 16.6. The highest BCUT2D eigenvalue weighted by Crippen LogP contribution is 2.31. The van der Waals surface area contributed by atoms with Crippen LogP contribution in [0, 0.1) is 5.82 Å². The van der Waals surface area contributed by atoms with Gasteiger partial charge in [-0.3, -0.25) is 4.99 Å². The van der Waals surface area contributed by atoms with E-state index in [1.807, 2.05) is 19.9 Å². The molecule has 1 saturated heterocycles. The number of benzene rings is 1. The van der Waals surface area contributed by atoms with Crippen molar-refractivity contribution >= 4 is 11.5 Å². The van der Waals surface area contributed by atoms with Crippen LogP contribution in [0.4, 0.5) is 10.2 Å². The Kier molecular flexibility index (Phi) is 5.02. The number of hydrogen-bond acceptors (Lipinski definition) is 6. The lowest BCUT2D eigenvalue weighted by Crippen LogP contribution is -2.50. The van der Waals surface area contributed by atoms with Gasteiger partial charge in [0.05, 0.1) is 49.4 Å². The van der Waals surface area contributed by atoms with Crippen molar-refractivity contribution in [1.82, 2.24) is 9.97 Å². The highest BCUT2D eigenvalue weighted by atomic mass is 19.1. The molecule has 0 saturated carbocycles. The molecule has 0 aliphatic carbocycles. The van der Waals surface area contributed by atoms with E-state index in [0.717, 1.165) is 28.4 Å². The minimum atomic E-state index is -0.358. The summed E-state index contributed by atoms with van der Waals surface area (Å²) >= 11 is 0. The molecule has 0 spiro atoms. The fraction of sp³-hybridized carbons (Fsp3) is 0.476. The molecule has 1 aromatic heterocycles. The number of morpholine rings is 1. The van der Waals surface area contributed by atoms with Crippen LogP contribution in [0.2, 0.25) is 0 Å². The Bertz CT molecular complexity index is 905. The first-order valence-electron chi connectivity index (χ1n) is 9.66. The van der Waals surface area contributed by atoms with Gasteiger partial charge < -0.3 is 14.4 Å². The first-order chi connectivity index (χ1) is 13.4. The third-order valence-electron chi connectivity index (χ3n) is 5.01. The summed E-state index contributed by atoms with van der Waals surface area (Å²) in [5.41, 5.74) is 3.19. The number of fused-ring (bicyclic) bond motifs is 1. The van der Waals surface area contributed by atoms with E-state index < -0.39 is 0 Å². The Labute approximate surface area is 164 Å². The Hall–Kier alpha value is -2.54. The Morgan fingerprint density at radius 2 is 1.89 bits per heavy atom. The molecular weight excluding hydrogens is 359 g/mol. The summed E-state index contributed by atoms with van der Waals surface area (Å²) in [5.74, 6) is 0.738. The Balaban J connectivity index is 1.69. The van der Waals surface area contributed by atoms with Crippen molar-refractivity contribution in [3.8, 4) is 5.75 Å². The summed E-state index contributed by atoms with van der Waals surface area (Å²) in [6.45, 7) is 9.78. The van der Waals surface area contributed by atoms with Crippen LogP contribution in [-0.2, 0) is 11.3 Å². The van der Waals surface area contributed by atoms with Crippen molar-refractivity contribution in [2.45, 2.75) is 52.4 Å². The van der Waals surface area contributed by atoms with E-state index in [1.165, 1.54) is 6.07 Å². The van der Waals surface area contributed by atoms with Crippen molar-refractivity contribution in [1.29, 1.82) is 0 Å². The topological polar surface area (TPSA) is 59.8 Å². The summed E-state index contributed by atoms with van der Waals surface area (Å²) < 4.78 is 25.5. The van der Waals surface area contributed by atoms with Gasteiger partial charge >= 0.3 is 0 Å². The second-order valence-electron chi connectivity index (χ2n) is 7.68. The van der Waals surface area contributed by atoms with Crippen molar-refractivity contribution < 1.29 is 13.9 Å². The number of ether oxygens (including phenoxy) is 2. The number of rotatable bonds is 4. The van der Waals surface area contributed by atoms with Crippen LogP contribution in [0.15, 0.2) is 29.5 Å². The van der Waals surface area contributed by atoms with Crippen LogP contribution in [0.1, 0.15) is 44.5 Å². The van der Waals surface area contributed by atoms with E-state index in [1.54, 1.807) is 12.4 Å². The largest absolute Gasteiger partial charge is 0.488 e. The van der Waals surface area contributed by atoms with Gasteiger partial charge in [-0.25, -0.2) is 14.4 Å². The highest BCUT2D eigenvalue weighted by Gasteiger charge is 2.28. The lowest BCUT2D eigenvalue weighted by atomic mass is 10.0. The summed E-state index contributed by atoms with van der Waals surface area (Å²) in [4.78, 5) is 15.8. The summed E-state index contributed by atoms with van der Waals surface area (Å²) in [7, 11) is 0. The minimum absolute atomic E-state index is 0.107. The van der Waals surface area contributed by atoms with Gasteiger partial charge in [0.25, 0.3) is 0 Å². The monoisotopic (exact) mass is 384 g/mol. The van der Waals surface area contributed by atoms with E-state index in [2.05, 4.69) is 33.7 Å². The minimum Gasteiger partial charge on any atom is -0.488 e. The van der Waals surface area contributed by atoms with Gasteiger partial charge in [0, 0.05) is 11.6 Å². The quantitative estimate of drug-likeness (QED) is 0.809. The molecule has 3 heterocycles. The molecule has 4 rings (SSSR count). The zero-order valence-electron chi connectivity index (χ0n) is 16.6. The average molecular weight is 384 g/mol. The van der Waals surface area contributed by atoms with Crippen molar-refractivity contribution in [3.05, 3.63) is 47.2 Å². The molecule has 2 atom stereocenters. The van der Waals surface area contributed by atoms with Crippen molar-refractivity contribution in [2.24, 2.45) is 4.99 Å². The molecule has 0 radical (unpaired) electrons. The second-order valence-corrected chi connectivity index (χ2v) is 7.68. The number of nitrogens with zero attached hydrogens (tertiary/aromatic N) is 4. The Morgan fingerprint density at radius 3 is 2.61 bits per heavy atom. The maximum atomic E-state index is 14.3. The third-order valence-corrected chi connectivity index (χ3v) is 5.01. The maximum absolute atomic E-state index is 14.3. The molecule has 0 unspecified atom stereocenters. The van der Waals surface area contributed by atoms with Gasteiger partial charge in [0.15, 0.2) is 11.6 Å². The first kappa shape index (κ1) is 18.8. The number of halogens is 1. The van der Waals surface area contributed by atoms with Crippen LogP contribution in [0.5, 0.6) is 5.75 Å². The molecule has 0 N–H and O–H groups in total. The van der Waals surface area contributed by atoms with Gasteiger partial charge in [-0.15, -0.1) is 0 Å². The lowest BCUT2D eigenvalue weighted by Gasteiger charge is -2.39. The predicted molar refractivity (Wildman–Crippen MR) is 106 cm³/mol. The molecular formula is C21H25FN4O2.